The second-order valence-electron chi connectivity index (χ2n) is 7.97. The lowest BCUT2D eigenvalue weighted by molar-refractivity contribution is -0.172. The average molecular weight is 538 g/mol. The van der Waals surface area contributed by atoms with Gasteiger partial charge < -0.3 is 21.3 Å². The number of para-hydroxylation sites is 1. The summed E-state index contributed by atoms with van der Waals surface area (Å²) in [5, 5.41) is 13.9. The highest BCUT2D eigenvalue weighted by molar-refractivity contribution is 6.34. The second kappa shape index (κ2) is 13.1. The first-order valence-corrected chi connectivity index (χ1v) is 11.8. The van der Waals surface area contributed by atoms with Crippen molar-refractivity contribution in [3.8, 4) is 5.75 Å². The van der Waals surface area contributed by atoms with Crippen molar-refractivity contribution in [2.75, 3.05) is 6.54 Å². The zero-order valence-electron chi connectivity index (χ0n) is 19.9. The Bertz CT molecular complexity index is 1090. The van der Waals surface area contributed by atoms with Gasteiger partial charge in [-0.1, -0.05) is 41.4 Å². The van der Waals surface area contributed by atoms with Crippen LogP contribution in [0, 0.1) is 0 Å². The van der Waals surface area contributed by atoms with Crippen LogP contribution in [0.2, 0.25) is 10.0 Å². The summed E-state index contributed by atoms with van der Waals surface area (Å²) < 4.78 is 5.68. The molecule has 1 unspecified atom stereocenters. The van der Waals surface area contributed by atoms with Crippen LogP contribution < -0.4 is 21.5 Å². The molecule has 194 valence electrons. The monoisotopic (exact) mass is 537 g/mol. The summed E-state index contributed by atoms with van der Waals surface area (Å²) in [5.74, 6) is -2.86. The van der Waals surface area contributed by atoms with Gasteiger partial charge in [-0.25, -0.2) is 9.69 Å². The van der Waals surface area contributed by atoms with Crippen molar-refractivity contribution in [3.63, 3.8) is 0 Å². The van der Waals surface area contributed by atoms with Gasteiger partial charge in [-0.15, -0.1) is 0 Å². The molecule has 6 N–H and O–H groups in total. The van der Waals surface area contributed by atoms with E-state index in [1.807, 2.05) is 0 Å². The number of ether oxygens (including phenoxy) is 1. The molecule has 36 heavy (non-hydrogen) atoms. The number of carbonyl (C=O) groups excluding carboxylic acids is 2. The summed E-state index contributed by atoms with van der Waals surface area (Å²) >= 11 is 12.1. The summed E-state index contributed by atoms with van der Waals surface area (Å²) in [4.78, 5) is 43.6. The third-order valence-corrected chi connectivity index (χ3v) is 5.61. The number of imide groups is 1. The molecule has 10 nitrogen and oxygen atoms in total. The molecule has 0 spiro atoms. The number of aliphatic carboxylic acids is 1. The molecule has 2 atom stereocenters. The number of hydrogen-bond acceptors (Lipinski definition) is 6. The minimum absolute atomic E-state index is 0.0696. The van der Waals surface area contributed by atoms with Gasteiger partial charge >= 0.3 is 5.97 Å². The van der Waals surface area contributed by atoms with E-state index >= 15 is 0 Å². The number of nitrogens with two attached hydrogens (primary N) is 2. The van der Waals surface area contributed by atoms with Crippen molar-refractivity contribution >= 4 is 46.9 Å². The van der Waals surface area contributed by atoms with E-state index in [1.54, 1.807) is 42.5 Å². The highest BCUT2D eigenvalue weighted by atomic mass is 35.5. The van der Waals surface area contributed by atoms with Crippen LogP contribution in [0.15, 0.2) is 53.5 Å². The van der Waals surface area contributed by atoms with Crippen molar-refractivity contribution in [3.05, 3.63) is 64.1 Å². The normalized spacial score (nSPS) is 13.2. The molecule has 0 bridgehead atoms. The number of halogens is 2. The van der Waals surface area contributed by atoms with Crippen LogP contribution in [0.4, 0.5) is 0 Å². The van der Waals surface area contributed by atoms with Gasteiger partial charge in [-0.2, -0.15) is 0 Å². The van der Waals surface area contributed by atoms with Gasteiger partial charge in [-0.3, -0.25) is 19.9 Å². The smallest absolute Gasteiger partial charge is 0.345 e. The van der Waals surface area contributed by atoms with E-state index in [4.69, 9.17) is 39.4 Å². The highest BCUT2D eigenvalue weighted by Gasteiger charge is 2.49. The van der Waals surface area contributed by atoms with E-state index in [0.717, 1.165) is 6.92 Å². The maximum atomic E-state index is 13.5. The molecule has 2 rings (SSSR count). The summed E-state index contributed by atoms with van der Waals surface area (Å²) in [5.41, 5.74) is 9.14. The number of carbonyl (C=O) groups is 3. The fourth-order valence-corrected chi connectivity index (χ4v) is 4.18. The lowest BCUT2D eigenvalue weighted by Gasteiger charge is -2.40. The maximum absolute atomic E-state index is 13.5. The van der Waals surface area contributed by atoms with E-state index in [0.29, 0.717) is 26.3 Å². The predicted octanol–water partition coefficient (Wildman–Crippen LogP) is 2.76. The lowest BCUT2D eigenvalue weighted by atomic mass is 9.99. The Balaban J connectivity index is 2.45. The van der Waals surface area contributed by atoms with Gasteiger partial charge in [-0.05, 0) is 55.7 Å². The van der Waals surface area contributed by atoms with Gasteiger partial charge in [0.2, 0.25) is 5.91 Å². The van der Waals surface area contributed by atoms with Crippen LogP contribution in [0.5, 0.6) is 5.75 Å². The molecule has 0 aliphatic heterocycles. The van der Waals surface area contributed by atoms with E-state index in [2.05, 4.69) is 10.3 Å². The van der Waals surface area contributed by atoms with Crippen LogP contribution >= 0.6 is 23.2 Å². The van der Waals surface area contributed by atoms with Crippen LogP contribution in [0.25, 0.3) is 0 Å². The maximum Gasteiger partial charge on any atom is 0.345 e. The molecular formula is C24H29Cl2N5O5. The van der Waals surface area contributed by atoms with Gasteiger partial charge in [0, 0.05) is 30.1 Å². The third kappa shape index (κ3) is 7.84. The molecule has 0 saturated carbocycles. The topological polar surface area (TPSA) is 160 Å². The van der Waals surface area contributed by atoms with Crippen LogP contribution in [0.3, 0.4) is 0 Å². The minimum atomic E-state index is -2.15. The number of carboxylic acid groups (broad SMARTS) is 1. The van der Waals surface area contributed by atoms with Gasteiger partial charge in [0.25, 0.3) is 5.91 Å². The Morgan fingerprint density at radius 3 is 2.28 bits per heavy atom. The quantitative estimate of drug-likeness (QED) is 0.139. The highest BCUT2D eigenvalue weighted by Crippen LogP contribution is 2.25. The molecule has 12 heteroatoms. The number of aliphatic imine (C=N–C) groups is 1. The van der Waals surface area contributed by atoms with Gasteiger partial charge in [0.05, 0.1) is 0 Å². The van der Waals surface area contributed by atoms with Crippen molar-refractivity contribution in [1.29, 1.82) is 0 Å². The summed E-state index contributed by atoms with van der Waals surface area (Å²) in [6, 6.07) is 13.2. The van der Waals surface area contributed by atoms with E-state index in [-0.39, 0.29) is 31.9 Å². The Morgan fingerprint density at radius 1 is 1.14 bits per heavy atom. The van der Waals surface area contributed by atoms with E-state index in [1.165, 1.54) is 13.0 Å². The van der Waals surface area contributed by atoms with Crippen LogP contribution in [-0.4, -0.2) is 52.1 Å². The number of carboxylic acids is 1. The fraction of sp³-hybridized carbons (Fsp3) is 0.333. The zero-order chi connectivity index (χ0) is 26.9. The number of hydrogen-bond donors (Lipinski definition) is 4. The predicted molar refractivity (Wildman–Crippen MR) is 138 cm³/mol. The van der Waals surface area contributed by atoms with Crippen molar-refractivity contribution in [2.24, 2.45) is 16.5 Å². The molecule has 0 radical (unpaired) electrons. The molecule has 0 heterocycles. The van der Waals surface area contributed by atoms with Crippen molar-refractivity contribution in [1.82, 2.24) is 10.2 Å². The molecule has 0 fully saturated rings. The van der Waals surface area contributed by atoms with Crippen LogP contribution in [-0.2, 0) is 20.9 Å². The first kappa shape index (κ1) is 28.9. The molecular weight excluding hydrogens is 509 g/mol. The SMILES string of the molecule is CC(=O)N(C(=O)C(C)Oc1ccccc1)[C@](CCCN=C(N)N)(NCc1cc(Cl)cc(Cl)c1)C(=O)O. The standard InChI is InChI=1S/C24H29Cl2N5O5/c1-15(36-20-7-4-3-5-8-20)21(33)31(16(2)32)24(22(34)35,9-6-10-29-23(27)28)30-14-17-11-18(25)13-19(26)12-17/h3-5,7-8,11-13,15,30H,6,9-10,14H2,1-2H3,(H,34,35)(H4,27,28,29)/t15?,24-/m0/s1. The summed E-state index contributed by atoms with van der Waals surface area (Å²) in [6.07, 6.45) is -1.23. The molecule has 0 aromatic heterocycles. The van der Waals surface area contributed by atoms with Crippen molar-refractivity contribution < 1.29 is 24.2 Å². The van der Waals surface area contributed by atoms with E-state index < -0.39 is 29.6 Å². The fourth-order valence-electron chi connectivity index (χ4n) is 3.61. The number of guanidine groups is 1. The molecule has 0 saturated heterocycles. The minimum Gasteiger partial charge on any atom is -0.481 e. The second-order valence-corrected chi connectivity index (χ2v) is 8.85. The molecule has 2 aromatic carbocycles. The number of amides is 2. The number of benzene rings is 2. The Morgan fingerprint density at radius 2 is 1.75 bits per heavy atom. The number of nitrogens with one attached hydrogen (secondary N) is 1. The van der Waals surface area contributed by atoms with Gasteiger partial charge in [0.1, 0.15) is 5.75 Å². The zero-order valence-corrected chi connectivity index (χ0v) is 21.4. The number of nitrogens with zero attached hydrogens (tertiary/aromatic N) is 2. The molecule has 2 amide bonds. The molecule has 0 aliphatic rings. The Hall–Kier alpha value is -3.34. The van der Waals surface area contributed by atoms with Crippen molar-refractivity contribution in [2.45, 2.75) is 45.0 Å². The molecule has 2 aromatic rings. The van der Waals surface area contributed by atoms with Gasteiger partial charge in [0.15, 0.2) is 17.7 Å². The first-order chi connectivity index (χ1) is 17.0. The first-order valence-electron chi connectivity index (χ1n) is 11.0. The summed E-state index contributed by atoms with van der Waals surface area (Å²) in [7, 11) is 0. The Labute approximate surface area is 219 Å². The average Bonchev–Trinajstić information content (AvgIpc) is 2.79. The van der Waals surface area contributed by atoms with Crippen LogP contribution in [0.1, 0.15) is 32.3 Å². The van der Waals surface area contributed by atoms with E-state index in [9.17, 15) is 19.5 Å². The lowest BCUT2D eigenvalue weighted by Crippen LogP contribution is -2.68. The largest absolute Gasteiger partial charge is 0.481 e. The summed E-state index contributed by atoms with van der Waals surface area (Å²) in [6.45, 7) is 2.56. The Kier molecular flexibility index (Phi) is 10.5. The molecule has 0 aliphatic carbocycles. The number of rotatable bonds is 12. The third-order valence-electron chi connectivity index (χ3n) is 5.17.